The lowest BCUT2D eigenvalue weighted by Gasteiger charge is -2.11. The number of nitrogen functional groups attached to an aromatic ring is 1. The minimum Gasteiger partial charge on any atom is -0.476 e. The van der Waals surface area contributed by atoms with E-state index >= 15 is 0 Å². The van der Waals surface area contributed by atoms with Crippen LogP contribution >= 0.6 is 27.5 Å². The smallest absolute Gasteiger partial charge is 0.239 e. The van der Waals surface area contributed by atoms with Crippen LogP contribution in [0.5, 0.6) is 5.88 Å². The Bertz CT molecular complexity index is 592. The molecule has 19 heavy (non-hydrogen) atoms. The van der Waals surface area contributed by atoms with Gasteiger partial charge in [-0.05, 0) is 53.2 Å². The maximum atomic E-state index is 5.90. The Balaban J connectivity index is 2.25. The quantitative estimate of drug-likeness (QED) is 0.873. The number of benzene rings is 1. The fourth-order valence-corrected chi connectivity index (χ4v) is 2.28. The highest BCUT2D eigenvalue weighted by Gasteiger charge is 2.06. The molecular weight excluding hydrogens is 330 g/mol. The lowest BCUT2D eigenvalue weighted by molar-refractivity contribution is 0.329. The normalized spacial score (nSPS) is 10.3. The summed E-state index contributed by atoms with van der Waals surface area (Å²) >= 11 is 9.33. The van der Waals surface area contributed by atoms with Gasteiger partial charge in [-0.15, -0.1) is 0 Å². The first kappa shape index (κ1) is 14.0. The van der Waals surface area contributed by atoms with E-state index in [0.717, 1.165) is 10.2 Å². The summed E-state index contributed by atoms with van der Waals surface area (Å²) in [4.78, 5) is 4.31. The highest BCUT2D eigenvalue weighted by Crippen LogP contribution is 2.29. The zero-order valence-corrected chi connectivity index (χ0v) is 12.6. The number of anilines is 3. The maximum Gasteiger partial charge on any atom is 0.239 e. The molecule has 0 saturated carbocycles. The predicted molar refractivity (Wildman–Crippen MR) is 82.3 cm³/mol. The first-order chi connectivity index (χ1) is 9.10. The highest BCUT2D eigenvalue weighted by atomic mass is 79.9. The Labute approximate surface area is 125 Å². The van der Waals surface area contributed by atoms with Crippen molar-refractivity contribution in [2.75, 3.05) is 17.7 Å². The molecule has 0 fully saturated rings. The van der Waals surface area contributed by atoms with Crippen LogP contribution in [0.1, 0.15) is 6.92 Å². The Morgan fingerprint density at radius 1 is 1.37 bits per heavy atom. The SMILES string of the molecule is CCOc1nc(Nc2ccc(Cl)cc2Br)ccc1N. The van der Waals surface area contributed by atoms with Crippen LogP contribution in [0, 0.1) is 0 Å². The van der Waals surface area contributed by atoms with Gasteiger partial charge in [0.2, 0.25) is 5.88 Å². The van der Waals surface area contributed by atoms with Crippen molar-refractivity contribution in [2.24, 2.45) is 0 Å². The number of nitrogens with zero attached hydrogens (tertiary/aromatic N) is 1. The van der Waals surface area contributed by atoms with Crippen molar-refractivity contribution in [2.45, 2.75) is 6.92 Å². The number of hydrogen-bond donors (Lipinski definition) is 2. The number of pyridine rings is 1. The summed E-state index contributed by atoms with van der Waals surface area (Å²) in [5.41, 5.74) is 7.16. The maximum absolute atomic E-state index is 5.90. The van der Waals surface area contributed by atoms with Crippen LogP contribution in [-0.2, 0) is 0 Å². The van der Waals surface area contributed by atoms with Crippen LogP contribution in [0.25, 0.3) is 0 Å². The predicted octanol–water partition coefficient (Wildman–Crippen LogP) is 4.22. The van der Waals surface area contributed by atoms with Crippen LogP contribution in [0.4, 0.5) is 17.2 Å². The molecule has 3 N–H and O–H groups in total. The van der Waals surface area contributed by atoms with E-state index in [-0.39, 0.29) is 0 Å². The molecule has 100 valence electrons. The molecule has 1 heterocycles. The number of nitrogens with two attached hydrogens (primary N) is 1. The van der Waals surface area contributed by atoms with Crippen molar-refractivity contribution in [3.8, 4) is 5.88 Å². The third-order valence-corrected chi connectivity index (χ3v) is 3.26. The molecule has 2 rings (SSSR count). The number of aromatic nitrogens is 1. The van der Waals surface area contributed by atoms with Gasteiger partial charge in [0.15, 0.2) is 0 Å². The summed E-state index contributed by atoms with van der Waals surface area (Å²) in [6, 6.07) is 9.02. The van der Waals surface area contributed by atoms with Crippen LogP contribution < -0.4 is 15.8 Å². The largest absolute Gasteiger partial charge is 0.476 e. The second kappa shape index (κ2) is 6.12. The van der Waals surface area contributed by atoms with Gasteiger partial charge in [-0.2, -0.15) is 4.98 Å². The standard InChI is InChI=1S/C13H13BrClN3O/c1-2-19-13-10(16)4-6-12(18-13)17-11-5-3-8(15)7-9(11)14/h3-7H,2,16H2,1H3,(H,17,18). The molecule has 6 heteroatoms. The molecule has 0 aliphatic carbocycles. The van der Waals surface area contributed by atoms with Crippen LogP contribution in [0.2, 0.25) is 5.02 Å². The summed E-state index contributed by atoms with van der Waals surface area (Å²) in [6.45, 7) is 2.41. The first-order valence-electron chi connectivity index (χ1n) is 5.71. The summed E-state index contributed by atoms with van der Waals surface area (Å²) in [5, 5.41) is 3.84. The van der Waals surface area contributed by atoms with Gasteiger partial charge in [-0.1, -0.05) is 11.6 Å². The zero-order chi connectivity index (χ0) is 13.8. The summed E-state index contributed by atoms with van der Waals surface area (Å²) in [5.74, 6) is 1.08. The van der Waals surface area contributed by atoms with Gasteiger partial charge in [0.1, 0.15) is 5.82 Å². The highest BCUT2D eigenvalue weighted by molar-refractivity contribution is 9.10. The summed E-state index contributed by atoms with van der Waals surface area (Å²) in [6.07, 6.45) is 0. The molecule has 0 aliphatic rings. The molecule has 0 aliphatic heterocycles. The Morgan fingerprint density at radius 2 is 2.16 bits per heavy atom. The van der Waals surface area contributed by atoms with E-state index < -0.39 is 0 Å². The molecule has 4 nitrogen and oxygen atoms in total. The van der Waals surface area contributed by atoms with E-state index in [4.69, 9.17) is 22.1 Å². The van der Waals surface area contributed by atoms with E-state index in [1.165, 1.54) is 0 Å². The van der Waals surface area contributed by atoms with Crippen LogP contribution in [0.15, 0.2) is 34.8 Å². The Kier molecular flexibility index (Phi) is 4.50. The van der Waals surface area contributed by atoms with E-state index in [2.05, 4.69) is 26.2 Å². The Hall–Kier alpha value is -1.46. The van der Waals surface area contributed by atoms with Crippen molar-refractivity contribution in [3.05, 3.63) is 39.8 Å². The van der Waals surface area contributed by atoms with E-state index in [0.29, 0.717) is 29.0 Å². The van der Waals surface area contributed by atoms with E-state index in [1.807, 2.05) is 19.1 Å². The van der Waals surface area contributed by atoms with Gasteiger partial charge < -0.3 is 15.8 Å². The molecule has 0 radical (unpaired) electrons. The molecule has 0 atom stereocenters. The van der Waals surface area contributed by atoms with Gasteiger partial charge in [0.25, 0.3) is 0 Å². The monoisotopic (exact) mass is 341 g/mol. The lowest BCUT2D eigenvalue weighted by Crippen LogP contribution is -2.02. The van der Waals surface area contributed by atoms with Gasteiger partial charge in [-0.3, -0.25) is 0 Å². The Morgan fingerprint density at radius 3 is 2.84 bits per heavy atom. The lowest BCUT2D eigenvalue weighted by atomic mass is 10.3. The minimum absolute atomic E-state index is 0.428. The number of ether oxygens (including phenoxy) is 1. The van der Waals surface area contributed by atoms with Gasteiger partial charge >= 0.3 is 0 Å². The molecule has 0 amide bonds. The van der Waals surface area contributed by atoms with Gasteiger partial charge in [0.05, 0.1) is 18.0 Å². The molecule has 0 bridgehead atoms. The number of nitrogens with one attached hydrogen (secondary N) is 1. The minimum atomic E-state index is 0.428. The fraction of sp³-hybridized carbons (Fsp3) is 0.154. The number of halogens is 2. The first-order valence-corrected chi connectivity index (χ1v) is 6.88. The number of rotatable bonds is 4. The average Bonchev–Trinajstić information content (AvgIpc) is 2.37. The average molecular weight is 343 g/mol. The van der Waals surface area contributed by atoms with Crippen molar-refractivity contribution >= 4 is 44.7 Å². The van der Waals surface area contributed by atoms with Crippen molar-refractivity contribution in [3.63, 3.8) is 0 Å². The van der Waals surface area contributed by atoms with Crippen LogP contribution in [-0.4, -0.2) is 11.6 Å². The van der Waals surface area contributed by atoms with Crippen LogP contribution in [0.3, 0.4) is 0 Å². The number of hydrogen-bond acceptors (Lipinski definition) is 4. The van der Waals surface area contributed by atoms with Crippen molar-refractivity contribution in [1.82, 2.24) is 4.98 Å². The summed E-state index contributed by atoms with van der Waals surface area (Å²) < 4.78 is 6.21. The molecule has 2 aromatic rings. The molecule has 1 aromatic carbocycles. The van der Waals surface area contributed by atoms with Crippen molar-refractivity contribution < 1.29 is 4.74 Å². The van der Waals surface area contributed by atoms with Gasteiger partial charge in [0, 0.05) is 9.50 Å². The summed E-state index contributed by atoms with van der Waals surface area (Å²) in [7, 11) is 0. The third kappa shape index (κ3) is 3.52. The molecule has 0 saturated heterocycles. The topological polar surface area (TPSA) is 60.2 Å². The third-order valence-electron chi connectivity index (χ3n) is 2.36. The molecule has 0 spiro atoms. The zero-order valence-electron chi connectivity index (χ0n) is 10.3. The second-order valence-corrected chi connectivity index (χ2v) is 5.06. The van der Waals surface area contributed by atoms with E-state index in [9.17, 15) is 0 Å². The molecular formula is C13H13BrClN3O. The molecule has 0 unspecified atom stereocenters. The van der Waals surface area contributed by atoms with E-state index in [1.54, 1.807) is 18.2 Å². The van der Waals surface area contributed by atoms with Gasteiger partial charge in [-0.25, -0.2) is 0 Å². The second-order valence-electron chi connectivity index (χ2n) is 3.77. The molecule has 1 aromatic heterocycles. The van der Waals surface area contributed by atoms with Crippen molar-refractivity contribution in [1.29, 1.82) is 0 Å². The fourth-order valence-electron chi connectivity index (χ4n) is 1.50.